The second kappa shape index (κ2) is 4.58. The number of pyridine rings is 1. The second-order valence-corrected chi connectivity index (χ2v) is 6.45. The fourth-order valence-electron chi connectivity index (χ4n) is 1.42. The molecular formula is C10H9BrN2O3S. The molecule has 0 saturated heterocycles. The number of hydrogen-bond donors (Lipinski definition) is 1. The third-order valence-corrected chi connectivity index (χ3v) is 4.07. The highest BCUT2D eigenvalue weighted by Crippen LogP contribution is 2.10. The van der Waals surface area contributed by atoms with Gasteiger partial charge in [-0.15, -0.1) is 0 Å². The lowest BCUT2D eigenvalue weighted by Gasteiger charge is -2.09. The number of carbonyl (C=O) groups is 1. The van der Waals surface area contributed by atoms with Crippen molar-refractivity contribution >= 4 is 31.7 Å². The molecule has 7 heteroatoms. The van der Waals surface area contributed by atoms with Gasteiger partial charge in [0.25, 0.3) is 5.91 Å². The van der Waals surface area contributed by atoms with Gasteiger partial charge in [0.1, 0.15) is 5.69 Å². The molecule has 1 N–H and O–H groups in total. The summed E-state index contributed by atoms with van der Waals surface area (Å²) in [6, 6.07) is 2.79. The molecule has 2 heterocycles. The van der Waals surface area contributed by atoms with Gasteiger partial charge in [0, 0.05) is 16.1 Å². The smallest absolute Gasteiger partial charge is 0.270 e. The standard InChI is InChI=1S/C10H9BrN2O3S/c11-7-1-2-9(12-5-7)10(14)13-8-3-4-17(15,16)6-8/h1-5,8H,6H2,(H,13,14). The normalized spacial score (nSPS) is 21.4. The minimum Gasteiger partial charge on any atom is -0.343 e. The third kappa shape index (κ3) is 3.13. The van der Waals surface area contributed by atoms with Crippen molar-refractivity contribution in [3.63, 3.8) is 0 Å². The lowest BCUT2D eigenvalue weighted by molar-refractivity contribution is 0.0942. The third-order valence-electron chi connectivity index (χ3n) is 2.21. The zero-order valence-corrected chi connectivity index (χ0v) is 11.0. The first-order chi connectivity index (χ1) is 7.96. The van der Waals surface area contributed by atoms with E-state index in [1.165, 1.54) is 12.3 Å². The molecule has 0 aromatic carbocycles. The van der Waals surface area contributed by atoms with Crippen LogP contribution in [0.3, 0.4) is 0 Å². The average molecular weight is 317 g/mol. The summed E-state index contributed by atoms with van der Waals surface area (Å²) in [6.07, 6.45) is 2.97. The first kappa shape index (κ1) is 12.3. The molecule has 1 unspecified atom stereocenters. The van der Waals surface area contributed by atoms with Crippen LogP contribution in [-0.4, -0.2) is 31.1 Å². The van der Waals surface area contributed by atoms with E-state index in [0.717, 1.165) is 9.88 Å². The Balaban J connectivity index is 2.04. The zero-order chi connectivity index (χ0) is 12.5. The Morgan fingerprint density at radius 3 is 2.76 bits per heavy atom. The highest BCUT2D eigenvalue weighted by molar-refractivity contribution is 9.10. The molecule has 1 aromatic rings. The van der Waals surface area contributed by atoms with Crippen molar-refractivity contribution in [2.24, 2.45) is 0 Å². The van der Waals surface area contributed by atoms with Crippen molar-refractivity contribution in [2.45, 2.75) is 6.04 Å². The van der Waals surface area contributed by atoms with Crippen LogP contribution in [0.2, 0.25) is 0 Å². The van der Waals surface area contributed by atoms with Crippen molar-refractivity contribution in [1.29, 1.82) is 0 Å². The van der Waals surface area contributed by atoms with Crippen molar-refractivity contribution in [1.82, 2.24) is 10.3 Å². The van der Waals surface area contributed by atoms with Crippen molar-refractivity contribution < 1.29 is 13.2 Å². The van der Waals surface area contributed by atoms with Crippen molar-refractivity contribution in [2.75, 3.05) is 5.75 Å². The van der Waals surface area contributed by atoms with Gasteiger partial charge >= 0.3 is 0 Å². The Bertz CT molecular complexity index is 566. The van der Waals surface area contributed by atoms with Crippen LogP contribution in [0.4, 0.5) is 0 Å². The van der Waals surface area contributed by atoms with Gasteiger partial charge < -0.3 is 5.32 Å². The Morgan fingerprint density at radius 2 is 2.24 bits per heavy atom. The van der Waals surface area contributed by atoms with E-state index in [4.69, 9.17) is 0 Å². The van der Waals surface area contributed by atoms with E-state index in [0.29, 0.717) is 0 Å². The number of carbonyl (C=O) groups excluding carboxylic acids is 1. The van der Waals surface area contributed by atoms with Gasteiger partial charge in [-0.3, -0.25) is 4.79 Å². The number of nitrogens with zero attached hydrogens (tertiary/aromatic N) is 1. The second-order valence-electron chi connectivity index (χ2n) is 3.60. The highest BCUT2D eigenvalue weighted by Gasteiger charge is 2.23. The molecule has 0 saturated carbocycles. The number of hydrogen-bond acceptors (Lipinski definition) is 4. The maximum Gasteiger partial charge on any atom is 0.270 e. The predicted molar refractivity (Wildman–Crippen MR) is 66.1 cm³/mol. The van der Waals surface area contributed by atoms with E-state index in [1.807, 2.05) is 0 Å². The summed E-state index contributed by atoms with van der Waals surface area (Å²) < 4.78 is 23.1. The quantitative estimate of drug-likeness (QED) is 0.879. The van der Waals surface area contributed by atoms with Crippen molar-refractivity contribution in [3.8, 4) is 0 Å². The van der Waals surface area contributed by atoms with E-state index in [2.05, 4.69) is 26.2 Å². The van der Waals surface area contributed by atoms with Gasteiger partial charge in [-0.25, -0.2) is 13.4 Å². The van der Waals surface area contributed by atoms with E-state index >= 15 is 0 Å². The average Bonchev–Trinajstić information content (AvgIpc) is 2.59. The predicted octanol–water partition coefficient (Wildman–Crippen LogP) is 0.885. The molecule has 1 aliphatic heterocycles. The summed E-state index contributed by atoms with van der Waals surface area (Å²) in [7, 11) is -3.15. The highest BCUT2D eigenvalue weighted by atomic mass is 79.9. The molecule has 0 bridgehead atoms. The fraction of sp³-hybridized carbons (Fsp3) is 0.200. The summed E-state index contributed by atoms with van der Waals surface area (Å²) in [6.45, 7) is 0. The van der Waals surface area contributed by atoms with Gasteiger partial charge in [-0.2, -0.15) is 0 Å². The maximum atomic E-state index is 11.7. The van der Waals surface area contributed by atoms with Gasteiger partial charge in [0.15, 0.2) is 9.84 Å². The van der Waals surface area contributed by atoms with Gasteiger partial charge in [0.05, 0.1) is 11.8 Å². The number of amides is 1. The molecule has 0 spiro atoms. The maximum absolute atomic E-state index is 11.7. The lowest BCUT2D eigenvalue weighted by Crippen LogP contribution is -2.35. The fourth-order valence-corrected chi connectivity index (χ4v) is 2.89. The van der Waals surface area contributed by atoms with Crippen LogP contribution in [0.25, 0.3) is 0 Å². The minimum absolute atomic E-state index is 0.0880. The number of sulfone groups is 1. The van der Waals surface area contributed by atoms with Crippen LogP contribution >= 0.6 is 15.9 Å². The molecule has 1 amide bonds. The Kier molecular flexibility index (Phi) is 3.30. The van der Waals surface area contributed by atoms with Gasteiger partial charge in [-0.1, -0.05) is 0 Å². The first-order valence-corrected chi connectivity index (χ1v) is 7.30. The Morgan fingerprint density at radius 1 is 1.47 bits per heavy atom. The van der Waals surface area contributed by atoms with Crippen molar-refractivity contribution in [3.05, 3.63) is 40.0 Å². The topological polar surface area (TPSA) is 76.1 Å². The number of rotatable bonds is 2. The van der Waals surface area contributed by atoms with Gasteiger partial charge in [-0.05, 0) is 34.1 Å². The minimum atomic E-state index is -3.15. The molecule has 1 aliphatic rings. The van der Waals surface area contributed by atoms with Crippen LogP contribution in [0.15, 0.2) is 34.3 Å². The van der Waals surface area contributed by atoms with Crippen LogP contribution in [0.5, 0.6) is 0 Å². The molecule has 0 radical (unpaired) electrons. The zero-order valence-electron chi connectivity index (χ0n) is 8.63. The SMILES string of the molecule is O=C(NC1C=CS(=O)(=O)C1)c1ccc(Br)cn1. The summed E-state index contributed by atoms with van der Waals surface area (Å²) in [4.78, 5) is 15.6. The summed E-state index contributed by atoms with van der Waals surface area (Å²) in [5, 5.41) is 3.71. The Hall–Kier alpha value is -1.21. The molecule has 2 rings (SSSR count). The largest absolute Gasteiger partial charge is 0.343 e. The Labute approximate surface area is 107 Å². The lowest BCUT2D eigenvalue weighted by atomic mass is 10.3. The monoisotopic (exact) mass is 316 g/mol. The van der Waals surface area contributed by atoms with Crippen LogP contribution in [0.1, 0.15) is 10.5 Å². The van der Waals surface area contributed by atoms with Gasteiger partial charge in [0.2, 0.25) is 0 Å². The molecule has 0 aliphatic carbocycles. The molecular weight excluding hydrogens is 308 g/mol. The number of aromatic nitrogens is 1. The molecule has 1 atom stereocenters. The molecule has 17 heavy (non-hydrogen) atoms. The van der Waals surface area contributed by atoms with Crippen LogP contribution in [0, 0.1) is 0 Å². The summed E-state index contributed by atoms with van der Waals surface area (Å²) >= 11 is 3.21. The molecule has 90 valence electrons. The molecule has 0 fully saturated rings. The summed E-state index contributed by atoms with van der Waals surface area (Å²) in [5.41, 5.74) is 0.255. The first-order valence-electron chi connectivity index (χ1n) is 4.80. The van der Waals surface area contributed by atoms with E-state index in [9.17, 15) is 13.2 Å². The van der Waals surface area contributed by atoms with E-state index in [-0.39, 0.29) is 17.4 Å². The number of nitrogens with one attached hydrogen (secondary N) is 1. The van der Waals surface area contributed by atoms with Crippen LogP contribution < -0.4 is 5.32 Å². The summed E-state index contributed by atoms with van der Waals surface area (Å²) in [5.74, 6) is -0.473. The molecule has 1 aromatic heterocycles. The number of halogens is 1. The van der Waals surface area contributed by atoms with E-state index in [1.54, 1.807) is 12.1 Å². The van der Waals surface area contributed by atoms with Crippen LogP contribution in [-0.2, 0) is 9.84 Å². The van der Waals surface area contributed by atoms with E-state index < -0.39 is 15.9 Å². The molecule has 5 nitrogen and oxygen atoms in total.